The molecule has 0 spiro atoms. The quantitative estimate of drug-likeness (QED) is 0.750. The first-order chi connectivity index (χ1) is 8.67. The number of likely N-dealkylation sites (N-methyl/N-ethyl adjacent to an activating group) is 1. The number of anilines is 1. The number of hydrogen-bond donors (Lipinski definition) is 1. The van der Waals surface area contributed by atoms with Crippen molar-refractivity contribution in [1.82, 2.24) is 4.90 Å². The summed E-state index contributed by atoms with van der Waals surface area (Å²) in [5, 5.41) is 8.79. The van der Waals surface area contributed by atoms with Crippen LogP contribution in [0.25, 0.3) is 0 Å². The van der Waals surface area contributed by atoms with Gasteiger partial charge in [0.25, 0.3) is 0 Å². The van der Waals surface area contributed by atoms with Gasteiger partial charge in [0, 0.05) is 13.1 Å². The molecule has 18 heavy (non-hydrogen) atoms. The Bertz CT molecular complexity index is 400. The molecule has 0 saturated carbocycles. The van der Waals surface area contributed by atoms with Gasteiger partial charge in [-0.15, -0.1) is 0 Å². The molecule has 2 N–H and O–H groups in total. The first kappa shape index (κ1) is 14.3. The number of ether oxygens (including phenoxy) is 1. The number of para-hydroxylation sites is 2. The molecule has 0 amide bonds. The third kappa shape index (κ3) is 4.64. The standard InChI is InChI=1S/C14H21N3O/c1-3-17(11-12(2)10-15)8-9-18-14-7-5-4-6-13(14)16/h4-7,12H,3,8-9,11,16H2,1-2H3. The fraction of sp³-hybridized carbons (Fsp3) is 0.500. The van der Waals surface area contributed by atoms with Gasteiger partial charge in [0.15, 0.2) is 0 Å². The number of benzene rings is 1. The van der Waals surface area contributed by atoms with Crippen LogP contribution < -0.4 is 10.5 Å². The molecular weight excluding hydrogens is 226 g/mol. The zero-order chi connectivity index (χ0) is 13.4. The monoisotopic (exact) mass is 247 g/mol. The minimum atomic E-state index is 0.0479. The van der Waals surface area contributed by atoms with Crippen molar-refractivity contribution < 1.29 is 4.74 Å². The maximum atomic E-state index is 8.79. The minimum Gasteiger partial charge on any atom is -0.490 e. The number of nitriles is 1. The molecule has 0 radical (unpaired) electrons. The van der Waals surface area contributed by atoms with Crippen LogP contribution in [0.4, 0.5) is 5.69 Å². The van der Waals surface area contributed by atoms with Crippen molar-refractivity contribution in [1.29, 1.82) is 5.26 Å². The van der Waals surface area contributed by atoms with E-state index >= 15 is 0 Å². The number of nitrogens with two attached hydrogens (primary N) is 1. The van der Waals surface area contributed by atoms with Gasteiger partial charge in [-0.05, 0) is 25.6 Å². The van der Waals surface area contributed by atoms with Gasteiger partial charge in [-0.25, -0.2) is 0 Å². The number of nitrogen functional groups attached to an aromatic ring is 1. The molecule has 0 fully saturated rings. The van der Waals surface area contributed by atoms with Crippen molar-refractivity contribution >= 4 is 5.69 Å². The Labute approximate surface area is 109 Å². The number of rotatable bonds is 7. The third-order valence-electron chi connectivity index (χ3n) is 2.78. The number of nitrogens with zero attached hydrogens (tertiary/aromatic N) is 2. The van der Waals surface area contributed by atoms with E-state index in [1.54, 1.807) is 0 Å². The molecule has 1 unspecified atom stereocenters. The van der Waals surface area contributed by atoms with E-state index in [9.17, 15) is 0 Å². The van der Waals surface area contributed by atoms with Crippen molar-refractivity contribution in [3.8, 4) is 11.8 Å². The molecule has 0 aliphatic heterocycles. The van der Waals surface area contributed by atoms with Crippen molar-refractivity contribution in [2.75, 3.05) is 32.0 Å². The highest BCUT2D eigenvalue weighted by Gasteiger charge is 2.08. The zero-order valence-electron chi connectivity index (χ0n) is 11.1. The highest BCUT2D eigenvalue weighted by Crippen LogP contribution is 2.19. The van der Waals surface area contributed by atoms with Crippen LogP contribution in [-0.2, 0) is 0 Å². The van der Waals surface area contributed by atoms with Gasteiger partial charge in [-0.2, -0.15) is 5.26 Å². The molecule has 1 aromatic rings. The highest BCUT2D eigenvalue weighted by atomic mass is 16.5. The normalized spacial score (nSPS) is 12.1. The molecule has 4 nitrogen and oxygen atoms in total. The fourth-order valence-electron chi connectivity index (χ4n) is 1.70. The summed E-state index contributed by atoms with van der Waals surface area (Å²) < 4.78 is 5.63. The van der Waals surface area contributed by atoms with Crippen molar-refractivity contribution in [3.05, 3.63) is 24.3 Å². The molecule has 1 aromatic carbocycles. The number of hydrogen-bond acceptors (Lipinski definition) is 4. The summed E-state index contributed by atoms with van der Waals surface area (Å²) in [6.07, 6.45) is 0. The molecular formula is C14H21N3O. The van der Waals surface area contributed by atoms with Crippen LogP contribution in [0.3, 0.4) is 0 Å². The maximum absolute atomic E-state index is 8.79. The summed E-state index contributed by atoms with van der Waals surface area (Å²) in [4.78, 5) is 2.20. The molecule has 0 aliphatic carbocycles. The van der Waals surface area contributed by atoms with Gasteiger partial charge in [0.05, 0.1) is 17.7 Å². The van der Waals surface area contributed by atoms with E-state index in [1.807, 2.05) is 31.2 Å². The molecule has 0 aliphatic rings. The van der Waals surface area contributed by atoms with E-state index in [4.69, 9.17) is 15.7 Å². The van der Waals surface area contributed by atoms with Gasteiger partial charge in [0.1, 0.15) is 12.4 Å². The lowest BCUT2D eigenvalue weighted by Gasteiger charge is -2.21. The molecule has 1 rings (SSSR count). The summed E-state index contributed by atoms with van der Waals surface area (Å²) in [5.41, 5.74) is 6.45. The van der Waals surface area contributed by atoms with E-state index < -0.39 is 0 Å². The molecule has 98 valence electrons. The van der Waals surface area contributed by atoms with Crippen LogP contribution in [0.15, 0.2) is 24.3 Å². The highest BCUT2D eigenvalue weighted by molar-refractivity contribution is 5.51. The van der Waals surface area contributed by atoms with E-state index in [0.29, 0.717) is 12.3 Å². The van der Waals surface area contributed by atoms with Crippen molar-refractivity contribution in [3.63, 3.8) is 0 Å². The predicted octanol–water partition coefficient (Wildman–Crippen LogP) is 2.13. The van der Waals surface area contributed by atoms with E-state index in [-0.39, 0.29) is 5.92 Å². The van der Waals surface area contributed by atoms with Crippen LogP contribution in [0.5, 0.6) is 5.75 Å². The summed E-state index contributed by atoms with van der Waals surface area (Å²) in [7, 11) is 0. The fourth-order valence-corrected chi connectivity index (χ4v) is 1.70. The zero-order valence-corrected chi connectivity index (χ0v) is 11.1. The molecule has 0 saturated heterocycles. The van der Waals surface area contributed by atoms with Crippen LogP contribution in [0, 0.1) is 17.2 Å². The Kier molecular flexibility index (Phi) is 6.03. The lowest BCUT2D eigenvalue weighted by Crippen LogP contribution is -2.32. The largest absolute Gasteiger partial charge is 0.490 e. The Morgan fingerprint density at radius 1 is 1.44 bits per heavy atom. The van der Waals surface area contributed by atoms with Gasteiger partial charge < -0.3 is 10.5 Å². The van der Waals surface area contributed by atoms with Crippen LogP contribution in [0.1, 0.15) is 13.8 Å². The van der Waals surface area contributed by atoms with Crippen LogP contribution in [-0.4, -0.2) is 31.1 Å². The summed E-state index contributed by atoms with van der Waals surface area (Å²) in [6.45, 7) is 7.09. The van der Waals surface area contributed by atoms with E-state index in [1.165, 1.54) is 0 Å². The smallest absolute Gasteiger partial charge is 0.142 e. The summed E-state index contributed by atoms with van der Waals surface area (Å²) in [6, 6.07) is 9.72. The molecule has 0 aromatic heterocycles. The van der Waals surface area contributed by atoms with Gasteiger partial charge >= 0.3 is 0 Å². The Morgan fingerprint density at radius 3 is 2.78 bits per heavy atom. The van der Waals surface area contributed by atoms with Gasteiger partial charge in [-0.3, -0.25) is 4.90 Å². The Hall–Kier alpha value is -1.73. The van der Waals surface area contributed by atoms with E-state index in [2.05, 4.69) is 17.9 Å². The average Bonchev–Trinajstić information content (AvgIpc) is 2.39. The molecule has 4 heteroatoms. The molecule has 0 heterocycles. The maximum Gasteiger partial charge on any atom is 0.142 e. The first-order valence-corrected chi connectivity index (χ1v) is 6.26. The Balaban J connectivity index is 2.36. The molecule has 0 bridgehead atoms. The lowest BCUT2D eigenvalue weighted by molar-refractivity contribution is 0.206. The second kappa shape index (κ2) is 7.57. The predicted molar refractivity (Wildman–Crippen MR) is 73.2 cm³/mol. The summed E-state index contributed by atoms with van der Waals surface area (Å²) in [5.74, 6) is 0.772. The summed E-state index contributed by atoms with van der Waals surface area (Å²) >= 11 is 0. The molecule has 1 atom stereocenters. The minimum absolute atomic E-state index is 0.0479. The van der Waals surface area contributed by atoms with Crippen LogP contribution >= 0.6 is 0 Å². The van der Waals surface area contributed by atoms with E-state index in [0.717, 1.165) is 25.4 Å². The third-order valence-corrected chi connectivity index (χ3v) is 2.78. The van der Waals surface area contributed by atoms with Crippen LogP contribution in [0.2, 0.25) is 0 Å². The van der Waals surface area contributed by atoms with Gasteiger partial charge in [-0.1, -0.05) is 19.1 Å². The average molecular weight is 247 g/mol. The lowest BCUT2D eigenvalue weighted by atomic mass is 10.2. The first-order valence-electron chi connectivity index (χ1n) is 6.26. The van der Waals surface area contributed by atoms with Gasteiger partial charge in [0.2, 0.25) is 0 Å². The SMILES string of the molecule is CCN(CCOc1ccccc1N)CC(C)C#N. The second-order valence-electron chi connectivity index (χ2n) is 4.31. The Morgan fingerprint density at radius 2 is 2.17 bits per heavy atom. The van der Waals surface area contributed by atoms with Crippen molar-refractivity contribution in [2.45, 2.75) is 13.8 Å². The second-order valence-corrected chi connectivity index (χ2v) is 4.31. The topological polar surface area (TPSA) is 62.3 Å². The van der Waals surface area contributed by atoms with Crippen molar-refractivity contribution in [2.24, 2.45) is 5.92 Å².